The van der Waals surface area contributed by atoms with Gasteiger partial charge in [0.15, 0.2) is 0 Å². The van der Waals surface area contributed by atoms with Crippen molar-refractivity contribution in [1.82, 2.24) is 15.6 Å². The van der Waals surface area contributed by atoms with Crippen molar-refractivity contribution >= 4 is 11.7 Å². The van der Waals surface area contributed by atoms with E-state index in [4.69, 9.17) is 0 Å². The summed E-state index contributed by atoms with van der Waals surface area (Å²) in [5, 5.41) is 6.39. The first kappa shape index (κ1) is 15.8. The first-order chi connectivity index (χ1) is 10.2. The Balaban J connectivity index is 1.95. The van der Waals surface area contributed by atoms with Crippen molar-refractivity contribution in [2.75, 3.05) is 31.1 Å². The largest absolute Gasteiger partial charge is 0.357 e. The minimum atomic E-state index is -0.0144. The summed E-state index contributed by atoms with van der Waals surface area (Å²) in [5.41, 5.74) is 0.643. The van der Waals surface area contributed by atoms with Crippen LogP contribution in [0.1, 0.15) is 43.5 Å². The fraction of sp³-hybridized carbons (Fsp3) is 0.625. The van der Waals surface area contributed by atoms with E-state index in [1.165, 1.54) is 0 Å². The van der Waals surface area contributed by atoms with Gasteiger partial charge in [0.2, 0.25) is 0 Å². The van der Waals surface area contributed by atoms with E-state index in [0.717, 1.165) is 51.3 Å². The topological polar surface area (TPSA) is 57.3 Å². The van der Waals surface area contributed by atoms with E-state index in [0.29, 0.717) is 5.56 Å². The Morgan fingerprint density at radius 3 is 2.71 bits per heavy atom. The lowest BCUT2D eigenvalue weighted by Crippen LogP contribution is -2.42. The molecule has 0 aliphatic carbocycles. The number of carbonyl (C=O) groups excluding carboxylic acids is 1. The van der Waals surface area contributed by atoms with Gasteiger partial charge in [-0.3, -0.25) is 4.79 Å². The van der Waals surface area contributed by atoms with Gasteiger partial charge in [-0.1, -0.05) is 6.92 Å². The Bertz CT molecular complexity index is 440. The van der Waals surface area contributed by atoms with Crippen LogP contribution in [0.3, 0.4) is 0 Å². The molecular weight excluding hydrogens is 264 g/mol. The second kappa shape index (κ2) is 7.98. The highest BCUT2D eigenvalue weighted by molar-refractivity contribution is 5.94. The summed E-state index contributed by atoms with van der Waals surface area (Å²) in [4.78, 5) is 18.9. The van der Waals surface area contributed by atoms with Crippen LogP contribution in [-0.2, 0) is 0 Å². The van der Waals surface area contributed by atoms with Crippen LogP contribution >= 0.6 is 0 Å². The van der Waals surface area contributed by atoms with Gasteiger partial charge in [-0.25, -0.2) is 4.98 Å². The third-order valence-corrected chi connectivity index (χ3v) is 3.88. The van der Waals surface area contributed by atoms with Gasteiger partial charge in [0.05, 0.1) is 5.56 Å². The highest BCUT2D eigenvalue weighted by Crippen LogP contribution is 2.12. The summed E-state index contributed by atoms with van der Waals surface area (Å²) in [6.07, 6.45) is 4.77. The molecule has 2 heterocycles. The molecule has 1 aliphatic rings. The number of nitrogens with one attached hydrogen (secondary N) is 2. The van der Waals surface area contributed by atoms with Gasteiger partial charge in [-0.05, 0) is 51.4 Å². The maximum Gasteiger partial charge on any atom is 0.253 e. The molecule has 0 unspecified atom stereocenters. The van der Waals surface area contributed by atoms with E-state index < -0.39 is 0 Å². The van der Waals surface area contributed by atoms with Gasteiger partial charge in [0.25, 0.3) is 5.91 Å². The van der Waals surface area contributed by atoms with Crippen LogP contribution in [0.5, 0.6) is 0 Å². The lowest BCUT2D eigenvalue weighted by molar-refractivity contribution is 0.0929. The smallest absolute Gasteiger partial charge is 0.253 e. The molecule has 1 aromatic rings. The summed E-state index contributed by atoms with van der Waals surface area (Å²) in [7, 11) is 0. The normalized spacial score (nSPS) is 15.7. The molecule has 1 fully saturated rings. The van der Waals surface area contributed by atoms with Gasteiger partial charge >= 0.3 is 0 Å². The summed E-state index contributed by atoms with van der Waals surface area (Å²) < 4.78 is 0. The number of rotatable bonds is 6. The molecular formula is C16H26N4O. The molecule has 0 spiro atoms. The summed E-state index contributed by atoms with van der Waals surface area (Å²) >= 11 is 0. The Labute approximate surface area is 127 Å². The van der Waals surface area contributed by atoms with Crippen molar-refractivity contribution in [1.29, 1.82) is 0 Å². The van der Waals surface area contributed by atoms with Crippen LogP contribution in [0.25, 0.3) is 0 Å². The van der Waals surface area contributed by atoms with Crippen molar-refractivity contribution in [3.05, 3.63) is 23.9 Å². The van der Waals surface area contributed by atoms with Gasteiger partial charge in [-0.15, -0.1) is 0 Å². The molecule has 2 rings (SSSR count). The quantitative estimate of drug-likeness (QED) is 0.839. The molecule has 0 aromatic carbocycles. The number of amides is 1. The van der Waals surface area contributed by atoms with E-state index >= 15 is 0 Å². The molecule has 0 radical (unpaired) electrons. The number of carbonyl (C=O) groups is 1. The van der Waals surface area contributed by atoms with Crippen molar-refractivity contribution in [3.8, 4) is 0 Å². The van der Waals surface area contributed by atoms with Crippen molar-refractivity contribution in [3.63, 3.8) is 0 Å². The zero-order valence-corrected chi connectivity index (χ0v) is 13.1. The van der Waals surface area contributed by atoms with E-state index in [1.807, 2.05) is 12.1 Å². The summed E-state index contributed by atoms with van der Waals surface area (Å²) in [6, 6.07) is 4.10. The van der Waals surface area contributed by atoms with Crippen LogP contribution in [0.15, 0.2) is 18.3 Å². The standard InChI is InChI=1S/C16H26N4O/c1-3-11-20(4-2)15-6-5-13(12-18-15)16(21)19-14-7-9-17-10-8-14/h5-6,12,14,17H,3-4,7-11H2,1-2H3,(H,19,21). The van der Waals surface area contributed by atoms with Crippen molar-refractivity contribution < 1.29 is 4.79 Å². The van der Waals surface area contributed by atoms with Crippen molar-refractivity contribution in [2.45, 2.75) is 39.2 Å². The van der Waals surface area contributed by atoms with Gasteiger partial charge < -0.3 is 15.5 Å². The second-order valence-electron chi connectivity index (χ2n) is 5.48. The lowest BCUT2D eigenvalue weighted by Gasteiger charge is -2.24. The molecule has 1 aromatic heterocycles. The van der Waals surface area contributed by atoms with Crippen LogP contribution < -0.4 is 15.5 Å². The average Bonchev–Trinajstić information content (AvgIpc) is 2.54. The number of hydrogen-bond acceptors (Lipinski definition) is 4. The Morgan fingerprint density at radius 1 is 1.38 bits per heavy atom. The fourth-order valence-electron chi connectivity index (χ4n) is 2.65. The summed E-state index contributed by atoms with van der Waals surface area (Å²) in [5.74, 6) is 0.928. The minimum Gasteiger partial charge on any atom is -0.357 e. The van der Waals surface area contributed by atoms with Gasteiger partial charge in [0.1, 0.15) is 5.82 Å². The molecule has 0 atom stereocenters. The number of hydrogen-bond donors (Lipinski definition) is 2. The Kier molecular flexibility index (Phi) is 5.99. The van der Waals surface area contributed by atoms with E-state index in [-0.39, 0.29) is 11.9 Å². The van der Waals surface area contributed by atoms with Crippen LogP contribution in [0, 0.1) is 0 Å². The van der Waals surface area contributed by atoms with E-state index in [2.05, 4.69) is 34.4 Å². The highest BCUT2D eigenvalue weighted by atomic mass is 16.1. The molecule has 1 amide bonds. The molecule has 2 N–H and O–H groups in total. The first-order valence-electron chi connectivity index (χ1n) is 7.97. The van der Waals surface area contributed by atoms with Crippen LogP contribution in [0.4, 0.5) is 5.82 Å². The van der Waals surface area contributed by atoms with Gasteiger partial charge in [0, 0.05) is 25.3 Å². The third-order valence-electron chi connectivity index (χ3n) is 3.88. The number of nitrogens with zero attached hydrogens (tertiary/aromatic N) is 2. The zero-order valence-electron chi connectivity index (χ0n) is 13.1. The van der Waals surface area contributed by atoms with Crippen LogP contribution in [-0.4, -0.2) is 43.1 Å². The lowest BCUT2D eigenvalue weighted by atomic mass is 10.1. The summed E-state index contributed by atoms with van der Waals surface area (Å²) in [6.45, 7) is 8.15. The fourth-order valence-corrected chi connectivity index (χ4v) is 2.65. The molecule has 0 bridgehead atoms. The molecule has 116 valence electrons. The van der Waals surface area contributed by atoms with E-state index in [9.17, 15) is 4.79 Å². The average molecular weight is 290 g/mol. The predicted molar refractivity (Wildman–Crippen MR) is 85.8 cm³/mol. The van der Waals surface area contributed by atoms with Crippen LogP contribution in [0.2, 0.25) is 0 Å². The molecule has 5 heteroatoms. The Morgan fingerprint density at radius 2 is 2.14 bits per heavy atom. The zero-order chi connectivity index (χ0) is 15.1. The first-order valence-corrected chi connectivity index (χ1v) is 7.97. The monoisotopic (exact) mass is 290 g/mol. The Hall–Kier alpha value is -1.62. The maximum atomic E-state index is 12.2. The number of anilines is 1. The number of pyridine rings is 1. The molecule has 21 heavy (non-hydrogen) atoms. The third kappa shape index (κ3) is 4.43. The number of piperidine rings is 1. The molecule has 5 nitrogen and oxygen atoms in total. The predicted octanol–water partition coefficient (Wildman–Crippen LogP) is 1.80. The van der Waals surface area contributed by atoms with Gasteiger partial charge in [-0.2, -0.15) is 0 Å². The molecule has 1 aliphatic heterocycles. The maximum absolute atomic E-state index is 12.2. The van der Waals surface area contributed by atoms with E-state index in [1.54, 1.807) is 6.20 Å². The highest BCUT2D eigenvalue weighted by Gasteiger charge is 2.16. The second-order valence-corrected chi connectivity index (χ2v) is 5.48. The number of aromatic nitrogens is 1. The molecule has 0 saturated carbocycles. The minimum absolute atomic E-state index is 0.0144. The SMILES string of the molecule is CCCN(CC)c1ccc(C(=O)NC2CCNCC2)cn1. The molecule has 1 saturated heterocycles. The van der Waals surface area contributed by atoms with Crippen molar-refractivity contribution in [2.24, 2.45) is 0 Å².